The van der Waals surface area contributed by atoms with E-state index in [-0.39, 0.29) is 35.2 Å². The van der Waals surface area contributed by atoms with Crippen molar-refractivity contribution in [3.63, 3.8) is 0 Å². The van der Waals surface area contributed by atoms with Crippen molar-refractivity contribution < 1.29 is 47.5 Å². The van der Waals surface area contributed by atoms with Gasteiger partial charge in [-0.05, 0) is 12.1 Å². The van der Waals surface area contributed by atoms with Gasteiger partial charge in [-0.15, -0.1) is 0 Å². The fourth-order valence-corrected chi connectivity index (χ4v) is 1.33. The molecule has 1 aromatic carbocycles. The molecule has 76 valence electrons. The van der Waals surface area contributed by atoms with Gasteiger partial charge in [0.1, 0.15) is 15.8 Å². The first-order chi connectivity index (χ1) is 6.32. The molecule has 0 aliphatic rings. The van der Waals surface area contributed by atoms with E-state index < -0.39 is 25.6 Å². The average molecular weight is 240 g/mol. The molecule has 9 heteroatoms. The van der Waals surface area contributed by atoms with Crippen molar-refractivity contribution in [2.45, 2.75) is 4.90 Å². The molecule has 1 rings (SSSR count). The minimum absolute atomic E-state index is 0. The van der Waals surface area contributed by atoms with Gasteiger partial charge in [0.15, 0.2) is 0 Å². The van der Waals surface area contributed by atoms with E-state index in [0.717, 1.165) is 12.1 Å². The molecule has 0 atom stereocenters. The standard InChI is InChI=1S/C6H6N2O5S.Na/c7-5-2-1-4(14(11,12)13)3-6(5)8(9)10;/h1-3H,7H2,(H,11,12,13);/q;+1/p-1. The normalized spacial score (nSPS) is 10.5. The predicted molar refractivity (Wildman–Crippen MR) is 45.5 cm³/mol. The largest absolute Gasteiger partial charge is 1.00 e. The number of anilines is 1. The average Bonchev–Trinajstić information content (AvgIpc) is 2.02. The maximum absolute atomic E-state index is 10.5. The van der Waals surface area contributed by atoms with E-state index in [2.05, 4.69) is 0 Å². The molecule has 0 fully saturated rings. The van der Waals surface area contributed by atoms with E-state index in [9.17, 15) is 23.1 Å². The molecule has 1 aromatic rings. The van der Waals surface area contributed by atoms with Crippen LogP contribution in [-0.2, 0) is 10.1 Å². The van der Waals surface area contributed by atoms with Crippen molar-refractivity contribution >= 4 is 21.5 Å². The van der Waals surface area contributed by atoms with Crippen molar-refractivity contribution in [3.8, 4) is 0 Å². The summed E-state index contributed by atoms with van der Waals surface area (Å²) in [5.74, 6) is 0. The van der Waals surface area contributed by atoms with Crippen LogP contribution in [0.25, 0.3) is 0 Å². The van der Waals surface area contributed by atoms with Gasteiger partial charge in [-0.2, -0.15) is 0 Å². The van der Waals surface area contributed by atoms with E-state index in [1.165, 1.54) is 0 Å². The van der Waals surface area contributed by atoms with Gasteiger partial charge in [-0.1, -0.05) is 0 Å². The number of nitrogens with zero attached hydrogens (tertiary/aromatic N) is 1. The van der Waals surface area contributed by atoms with Crippen LogP contribution < -0.4 is 35.3 Å². The fourth-order valence-electron chi connectivity index (χ4n) is 0.837. The van der Waals surface area contributed by atoms with Crippen LogP contribution in [0.4, 0.5) is 11.4 Å². The second kappa shape index (κ2) is 4.90. The Morgan fingerprint density at radius 1 is 1.33 bits per heavy atom. The Labute approximate surface area is 107 Å². The second-order valence-corrected chi connectivity index (χ2v) is 3.81. The molecule has 0 aromatic heterocycles. The summed E-state index contributed by atoms with van der Waals surface area (Å²) >= 11 is 0. The molecule has 0 heterocycles. The molecule has 0 unspecified atom stereocenters. The Balaban J connectivity index is 0.00000196. The van der Waals surface area contributed by atoms with Crippen LogP contribution in [0.5, 0.6) is 0 Å². The minimum Gasteiger partial charge on any atom is -0.744 e. The molecule has 7 nitrogen and oxygen atoms in total. The number of nitrogen functional groups attached to an aromatic ring is 1. The SMILES string of the molecule is Nc1ccc(S(=O)(=O)[O-])cc1[N+](=O)[O-].[Na+]. The Kier molecular flexibility index (Phi) is 4.68. The number of benzene rings is 1. The van der Waals surface area contributed by atoms with Crippen LogP contribution in [0.1, 0.15) is 0 Å². The van der Waals surface area contributed by atoms with Crippen LogP contribution in [-0.4, -0.2) is 17.9 Å². The number of nitro groups is 1. The van der Waals surface area contributed by atoms with Crippen LogP contribution >= 0.6 is 0 Å². The van der Waals surface area contributed by atoms with Crippen molar-refractivity contribution in [2.75, 3.05) is 5.73 Å². The summed E-state index contributed by atoms with van der Waals surface area (Å²) in [7, 11) is -4.69. The zero-order chi connectivity index (χ0) is 10.9. The molecular weight excluding hydrogens is 235 g/mol. The van der Waals surface area contributed by atoms with Crippen molar-refractivity contribution in [1.29, 1.82) is 0 Å². The van der Waals surface area contributed by atoms with Gasteiger partial charge in [0.25, 0.3) is 5.69 Å². The molecule has 0 bridgehead atoms. The summed E-state index contributed by atoms with van der Waals surface area (Å²) in [6, 6.07) is 2.56. The third kappa shape index (κ3) is 3.43. The first-order valence-electron chi connectivity index (χ1n) is 3.32. The molecule has 0 aliphatic carbocycles. The van der Waals surface area contributed by atoms with Crippen molar-refractivity contribution in [3.05, 3.63) is 28.3 Å². The Morgan fingerprint density at radius 2 is 1.87 bits per heavy atom. The topological polar surface area (TPSA) is 126 Å². The van der Waals surface area contributed by atoms with Crippen molar-refractivity contribution in [1.82, 2.24) is 0 Å². The van der Waals surface area contributed by atoms with Gasteiger partial charge in [0, 0.05) is 6.07 Å². The van der Waals surface area contributed by atoms with Crippen LogP contribution in [0.3, 0.4) is 0 Å². The van der Waals surface area contributed by atoms with Gasteiger partial charge in [0.05, 0.1) is 9.82 Å². The van der Waals surface area contributed by atoms with E-state index in [1.54, 1.807) is 0 Å². The zero-order valence-corrected chi connectivity index (χ0v) is 10.5. The minimum atomic E-state index is -4.69. The Hall–Kier alpha value is -0.670. The monoisotopic (exact) mass is 240 g/mol. The smallest absolute Gasteiger partial charge is 0.744 e. The van der Waals surface area contributed by atoms with E-state index in [1.807, 2.05) is 0 Å². The Morgan fingerprint density at radius 3 is 2.27 bits per heavy atom. The summed E-state index contributed by atoms with van der Waals surface area (Å²) in [5.41, 5.74) is 4.41. The summed E-state index contributed by atoms with van der Waals surface area (Å²) in [6.45, 7) is 0. The molecule has 0 saturated heterocycles. The summed E-state index contributed by atoms with van der Waals surface area (Å²) in [6.07, 6.45) is 0. The third-order valence-corrected chi connectivity index (χ3v) is 2.32. The summed E-state index contributed by atoms with van der Waals surface area (Å²) in [5, 5.41) is 10.3. The number of hydrogen-bond acceptors (Lipinski definition) is 6. The van der Waals surface area contributed by atoms with Gasteiger partial charge in [-0.3, -0.25) is 10.1 Å². The molecule has 0 aliphatic heterocycles. The first kappa shape index (κ1) is 14.3. The van der Waals surface area contributed by atoms with Crippen molar-refractivity contribution in [2.24, 2.45) is 0 Å². The maximum atomic E-state index is 10.5. The second-order valence-electron chi connectivity index (χ2n) is 2.43. The first-order valence-corrected chi connectivity index (χ1v) is 4.73. The van der Waals surface area contributed by atoms with Gasteiger partial charge in [0.2, 0.25) is 0 Å². The number of hydrogen-bond donors (Lipinski definition) is 1. The van der Waals surface area contributed by atoms with Gasteiger partial charge >= 0.3 is 29.6 Å². The van der Waals surface area contributed by atoms with Gasteiger partial charge in [-0.25, -0.2) is 8.42 Å². The zero-order valence-electron chi connectivity index (χ0n) is 7.71. The molecule has 0 amide bonds. The number of nitro benzene ring substituents is 1. The Bertz CT molecular complexity index is 486. The third-order valence-electron chi connectivity index (χ3n) is 1.49. The summed E-state index contributed by atoms with van der Waals surface area (Å²) < 4.78 is 31.5. The molecule has 15 heavy (non-hydrogen) atoms. The predicted octanol–water partition coefficient (Wildman–Crippen LogP) is -2.91. The van der Waals surface area contributed by atoms with Crippen LogP contribution in [0.2, 0.25) is 0 Å². The fraction of sp³-hybridized carbons (Fsp3) is 0. The molecule has 0 radical (unpaired) electrons. The molecular formula is C6H5N2NaO5S. The summed E-state index contributed by atoms with van der Waals surface area (Å²) in [4.78, 5) is 8.80. The van der Waals surface area contributed by atoms with Crippen LogP contribution in [0.15, 0.2) is 23.1 Å². The van der Waals surface area contributed by atoms with E-state index >= 15 is 0 Å². The van der Waals surface area contributed by atoms with E-state index in [4.69, 9.17) is 5.73 Å². The number of rotatable bonds is 2. The molecule has 0 saturated carbocycles. The quantitative estimate of drug-likeness (QED) is 0.194. The molecule has 2 N–H and O–H groups in total. The maximum Gasteiger partial charge on any atom is 1.00 e. The van der Waals surface area contributed by atoms with Crippen LogP contribution in [0, 0.1) is 10.1 Å². The number of nitrogens with two attached hydrogens (primary N) is 1. The molecule has 0 spiro atoms. The van der Waals surface area contributed by atoms with E-state index in [0.29, 0.717) is 6.07 Å². The van der Waals surface area contributed by atoms with Gasteiger partial charge < -0.3 is 10.3 Å².